The van der Waals surface area contributed by atoms with Crippen LogP contribution >= 0.6 is 27.3 Å². The highest BCUT2D eigenvalue weighted by molar-refractivity contribution is 9.10. The number of halogens is 1. The molecule has 0 saturated carbocycles. The summed E-state index contributed by atoms with van der Waals surface area (Å²) in [5.74, 6) is 0.642. The quantitative estimate of drug-likeness (QED) is 0.840. The van der Waals surface area contributed by atoms with Gasteiger partial charge in [-0.2, -0.15) is 0 Å². The lowest BCUT2D eigenvalue weighted by molar-refractivity contribution is 0.460. The molecule has 0 aromatic carbocycles. The third-order valence-corrected chi connectivity index (χ3v) is 4.57. The Labute approximate surface area is 90.9 Å². The van der Waals surface area contributed by atoms with Crippen molar-refractivity contribution in [1.29, 1.82) is 0 Å². The molecule has 2 rings (SSSR count). The van der Waals surface area contributed by atoms with Crippen LogP contribution in [0, 0.1) is 6.92 Å². The molecule has 0 amide bonds. The Kier molecular flexibility index (Phi) is 3.01. The summed E-state index contributed by atoms with van der Waals surface area (Å²) in [6, 6.07) is 0. The molecular formula is C9H13BrN2S. The van der Waals surface area contributed by atoms with Crippen LogP contribution in [0.2, 0.25) is 0 Å². The van der Waals surface area contributed by atoms with Crippen LogP contribution < -0.4 is 5.32 Å². The van der Waals surface area contributed by atoms with Gasteiger partial charge in [-0.3, -0.25) is 0 Å². The van der Waals surface area contributed by atoms with Crippen molar-refractivity contribution >= 4 is 27.3 Å². The van der Waals surface area contributed by atoms with Gasteiger partial charge in [0.25, 0.3) is 0 Å². The van der Waals surface area contributed by atoms with Crippen LogP contribution in [0.5, 0.6) is 0 Å². The molecule has 13 heavy (non-hydrogen) atoms. The zero-order valence-corrected chi connectivity index (χ0v) is 10.0. The first kappa shape index (κ1) is 9.62. The van der Waals surface area contributed by atoms with Gasteiger partial charge in [-0.1, -0.05) is 0 Å². The lowest BCUT2D eigenvalue weighted by Crippen LogP contribution is -2.28. The van der Waals surface area contributed by atoms with Crippen molar-refractivity contribution in [3.8, 4) is 0 Å². The SMILES string of the molecule is Cc1sc(C2CCCNC2)nc1Br. The maximum absolute atomic E-state index is 4.53. The first-order valence-corrected chi connectivity index (χ1v) is 6.22. The Morgan fingerprint density at radius 1 is 1.62 bits per heavy atom. The van der Waals surface area contributed by atoms with Crippen LogP contribution in [-0.4, -0.2) is 18.1 Å². The van der Waals surface area contributed by atoms with Gasteiger partial charge >= 0.3 is 0 Å². The molecule has 1 aromatic heterocycles. The van der Waals surface area contributed by atoms with Crippen LogP contribution in [0.25, 0.3) is 0 Å². The van der Waals surface area contributed by atoms with E-state index in [2.05, 4.69) is 33.2 Å². The minimum absolute atomic E-state index is 0.642. The molecule has 2 heterocycles. The van der Waals surface area contributed by atoms with Crippen LogP contribution in [0.15, 0.2) is 4.60 Å². The van der Waals surface area contributed by atoms with E-state index in [1.807, 2.05) is 11.3 Å². The number of aromatic nitrogens is 1. The molecule has 1 aliphatic heterocycles. The molecule has 1 aliphatic rings. The Hall–Kier alpha value is 0.0700. The molecule has 1 unspecified atom stereocenters. The van der Waals surface area contributed by atoms with E-state index in [4.69, 9.17) is 0 Å². The van der Waals surface area contributed by atoms with E-state index < -0.39 is 0 Å². The van der Waals surface area contributed by atoms with Crippen molar-refractivity contribution in [2.75, 3.05) is 13.1 Å². The lowest BCUT2D eigenvalue weighted by Gasteiger charge is -2.20. The number of rotatable bonds is 1. The monoisotopic (exact) mass is 260 g/mol. The van der Waals surface area contributed by atoms with Gasteiger partial charge in [-0.15, -0.1) is 11.3 Å². The van der Waals surface area contributed by atoms with E-state index in [1.54, 1.807) is 0 Å². The second-order valence-electron chi connectivity index (χ2n) is 3.44. The smallest absolute Gasteiger partial charge is 0.120 e. The maximum atomic E-state index is 4.53. The normalized spacial score (nSPS) is 23.4. The molecular weight excluding hydrogens is 248 g/mol. The zero-order valence-electron chi connectivity index (χ0n) is 7.64. The minimum atomic E-state index is 0.642. The lowest BCUT2D eigenvalue weighted by atomic mass is 10.0. The number of hydrogen-bond donors (Lipinski definition) is 1. The summed E-state index contributed by atoms with van der Waals surface area (Å²) in [7, 11) is 0. The fourth-order valence-electron chi connectivity index (χ4n) is 1.63. The van der Waals surface area contributed by atoms with E-state index in [1.165, 1.54) is 29.3 Å². The van der Waals surface area contributed by atoms with Gasteiger partial charge in [0.1, 0.15) is 4.60 Å². The topological polar surface area (TPSA) is 24.9 Å². The van der Waals surface area contributed by atoms with Crippen molar-refractivity contribution in [2.45, 2.75) is 25.7 Å². The highest BCUT2D eigenvalue weighted by Crippen LogP contribution is 2.30. The number of nitrogens with zero attached hydrogens (tertiary/aromatic N) is 1. The summed E-state index contributed by atoms with van der Waals surface area (Å²) < 4.78 is 1.03. The number of hydrogen-bond acceptors (Lipinski definition) is 3. The fourth-order valence-corrected chi connectivity index (χ4v) is 3.13. The summed E-state index contributed by atoms with van der Waals surface area (Å²) in [6.07, 6.45) is 2.56. The zero-order chi connectivity index (χ0) is 9.26. The van der Waals surface area contributed by atoms with Crippen molar-refractivity contribution < 1.29 is 0 Å². The number of nitrogens with one attached hydrogen (secondary N) is 1. The molecule has 1 aromatic rings. The summed E-state index contributed by atoms with van der Waals surface area (Å²) in [6.45, 7) is 4.38. The average molecular weight is 261 g/mol. The second-order valence-corrected chi connectivity index (χ2v) is 5.43. The van der Waals surface area contributed by atoms with Gasteiger partial charge in [-0.25, -0.2) is 4.98 Å². The molecule has 0 radical (unpaired) electrons. The van der Waals surface area contributed by atoms with Gasteiger partial charge < -0.3 is 5.32 Å². The second kappa shape index (κ2) is 4.07. The third kappa shape index (κ3) is 2.11. The molecule has 0 aliphatic carbocycles. The van der Waals surface area contributed by atoms with E-state index in [0.717, 1.165) is 11.1 Å². The van der Waals surface area contributed by atoms with Crippen LogP contribution in [0.1, 0.15) is 28.6 Å². The molecule has 1 saturated heterocycles. The van der Waals surface area contributed by atoms with Gasteiger partial charge in [0.15, 0.2) is 0 Å². The predicted molar refractivity (Wildman–Crippen MR) is 59.4 cm³/mol. The summed E-state index contributed by atoms with van der Waals surface area (Å²) in [5, 5.41) is 4.70. The van der Waals surface area contributed by atoms with Crippen LogP contribution in [-0.2, 0) is 0 Å². The minimum Gasteiger partial charge on any atom is -0.316 e. The number of thiazole rings is 1. The highest BCUT2D eigenvalue weighted by Gasteiger charge is 2.19. The standard InChI is InChI=1S/C9H13BrN2S/c1-6-8(10)12-9(13-6)7-3-2-4-11-5-7/h7,11H,2-5H2,1H3. The largest absolute Gasteiger partial charge is 0.316 e. The van der Waals surface area contributed by atoms with Gasteiger partial charge in [0.2, 0.25) is 0 Å². The molecule has 1 atom stereocenters. The van der Waals surface area contributed by atoms with Crippen molar-refractivity contribution in [2.24, 2.45) is 0 Å². The third-order valence-electron chi connectivity index (χ3n) is 2.40. The first-order valence-electron chi connectivity index (χ1n) is 4.61. The van der Waals surface area contributed by atoms with E-state index in [0.29, 0.717) is 5.92 Å². The summed E-state index contributed by atoms with van der Waals surface area (Å²) in [5.41, 5.74) is 0. The molecule has 1 fully saturated rings. The van der Waals surface area contributed by atoms with Crippen molar-refractivity contribution in [1.82, 2.24) is 10.3 Å². The van der Waals surface area contributed by atoms with Crippen molar-refractivity contribution in [3.05, 3.63) is 14.5 Å². The van der Waals surface area contributed by atoms with Crippen LogP contribution in [0.4, 0.5) is 0 Å². The average Bonchev–Trinajstić information content (AvgIpc) is 2.49. The summed E-state index contributed by atoms with van der Waals surface area (Å²) >= 11 is 5.28. The van der Waals surface area contributed by atoms with E-state index in [-0.39, 0.29) is 0 Å². The maximum Gasteiger partial charge on any atom is 0.120 e. The molecule has 4 heteroatoms. The molecule has 2 nitrogen and oxygen atoms in total. The fraction of sp³-hybridized carbons (Fsp3) is 0.667. The predicted octanol–water partition coefficient (Wildman–Crippen LogP) is 2.68. The number of aryl methyl sites for hydroxylation is 1. The van der Waals surface area contributed by atoms with E-state index >= 15 is 0 Å². The van der Waals surface area contributed by atoms with Gasteiger partial charge in [-0.05, 0) is 42.2 Å². The Morgan fingerprint density at radius 2 is 2.46 bits per heavy atom. The Bertz CT molecular complexity index is 272. The van der Waals surface area contributed by atoms with Crippen LogP contribution in [0.3, 0.4) is 0 Å². The highest BCUT2D eigenvalue weighted by atomic mass is 79.9. The molecule has 72 valence electrons. The molecule has 0 bridgehead atoms. The first-order chi connectivity index (χ1) is 6.27. The van der Waals surface area contributed by atoms with Crippen molar-refractivity contribution in [3.63, 3.8) is 0 Å². The van der Waals surface area contributed by atoms with Gasteiger partial charge in [0.05, 0.1) is 5.01 Å². The Morgan fingerprint density at radius 3 is 3.00 bits per heavy atom. The Balaban J connectivity index is 2.14. The van der Waals surface area contributed by atoms with E-state index in [9.17, 15) is 0 Å². The molecule has 0 spiro atoms. The van der Waals surface area contributed by atoms with Gasteiger partial charge in [0, 0.05) is 17.3 Å². The number of piperidine rings is 1. The molecule has 1 N–H and O–H groups in total. The summed E-state index contributed by atoms with van der Waals surface area (Å²) in [4.78, 5) is 5.82.